The van der Waals surface area contributed by atoms with Crippen molar-refractivity contribution in [3.05, 3.63) is 176 Å². The number of amides is 1. The Morgan fingerprint density at radius 2 is 1.34 bits per heavy atom. The van der Waals surface area contributed by atoms with Crippen LogP contribution in [0.4, 0.5) is 0 Å². The molecule has 472 valence electrons. The van der Waals surface area contributed by atoms with Crippen LogP contribution >= 0.6 is 11.6 Å². The Balaban J connectivity index is 1.02. The predicted molar refractivity (Wildman–Crippen MR) is 317 cm³/mol. The summed E-state index contributed by atoms with van der Waals surface area (Å²) in [7, 11) is 1.23. The van der Waals surface area contributed by atoms with Gasteiger partial charge in [0.15, 0.2) is 24.8 Å². The van der Waals surface area contributed by atoms with E-state index in [1.54, 1.807) is 0 Å². The number of aromatic amines is 2. The standard InChI is InChI=1S/C66H78ClN3O18/c1-39-40(2)83-51(57(79-35-43-23-13-6-14-24-43)55(39)78-34-42-21-11-5-12-22-42)37-80-56-47(68-61(73)48-32-53(71)70-66(76)69-48)30-46(62(74)77-3)31-49(56)85-65-60(87-54(72)33-67)59(58-52(86-65)38-82-64(88-58)45-27-17-8-18-28-45)84-50(29-41-19-9-4-10-20-41)63(75)81-36-44-25-15-7-16-26-44/h5-8,11-18,21-28,32,39-41,46-47,49-52,55-60,64-65H,4,9-10,19-20,29-31,33-38H2,1-3H3,(H,68,73)(H2,69,70,71,76)/t39-,40?,46?,47?,49-,50+,51+,52+,55+,56-,57?,58+,59?,60?,64?,65-/m1/s1. The van der Waals surface area contributed by atoms with Gasteiger partial charge >= 0.3 is 23.6 Å². The van der Waals surface area contributed by atoms with E-state index in [1.165, 1.54) is 7.11 Å². The van der Waals surface area contributed by atoms with Crippen LogP contribution in [-0.2, 0) is 91.0 Å². The van der Waals surface area contributed by atoms with Gasteiger partial charge in [0.25, 0.3) is 11.5 Å². The molecule has 0 spiro atoms. The lowest BCUT2D eigenvalue weighted by Gasteiger charge is -2.51. The fourth-order valence-electron chi connectivity index (χ4n) is 12.5. The summed E-state index contributed by atoms with van der Waals surface area (Å²) in [6.45, 7) is 4.11. The fourth-order valence-corrected chi connectivity index (χ4v) is 12.6. The zero-order valence-corrected chi connectivity index (χ0v) is 50.3. The highest BCUT2D eigenvalue weighted by Gasteiger charge is 2.57. The number of carbonyl (C=O) groups excluding carboxylic acids is 4. The molecule has 16 atom stereocenters. The van der Waals surface area contributed by atoms with Crippen LogP contribution in [-0.4, -0.2) is 139 Å². The van der Waals surface area contributed by atoms with Gasteiger partial charge in [0.2, 0.25) is 0 Å². The lowest BCUT2D eigenvalue weighted by atomic mass is 9.81. The molecule has 3 aliphatic heterocycles. The van der Waals surface area contributed by atoms with E-state index in [4.69, 9.17) is 68.4 Å². The lowest BCUT2D eigenvalue weighted by Crippen LogP contribution is -2.66. The second-order valence-electron chi connectivity index (χ2n) is 23.2. The Morgan fingerprint density at radius 3 is 1.98 bits per heavy atom. The molecule has 0 radical (unpaired) electrons. The van der Waals surface area contributed by atoms with Gasteiger partial charge in [0, 0.05) is 17.5 Å². The predicted octanol–water partition coefficient (Wildman–Crippen LogP) is 7.57. The maximum atomic E-state index is 14.7. The normalized spacial score (nSPS) is 29.4. The van der Waals surface area contributed by atoms with Crippen molar-refractivity contribution < 1.29 is 76.0 Å². The van der Waals surface area contributed by atoms with E-state index in [0.717, 1.165) is 54.9 Å². The number of alkyl halides is 1. The summed E-state index contributed by atoms with van der Waals surface area (Å²) >= 11 is 6.27. The number of methoxy groups -OCH3 is 1. The van der Waals surface area contributed by atoms with E-state index in [-0.39, 0.29) is 75.9 Å². The molecule has 3 saturated heterocycles. The second kappa shape index (κ2) is 31.2. The molecule has 22 heteroatoms. The van der Waals surface area contributed by atoms with Crippen LogP contribution in [0.25, 0.3) is 0 Å². The van der Waals surface area contributed by atoms with Gasteiger partial charge in [-0.2, -0.15) is 0 Å². The number of rotatable bonds is 24. The largest absolute Gasteiger partial charge is 0.469 e. The molecule has 88 heavy (non-hydrogen) atoms. The van der Waals surface area contributed by atoms with E-state index in [2.05, 4.69) is 15.3 Å². The maximum Gasteiger partial charge on any atom is 0.335 e. The van der Waals surface area contributed by atoms with Crippen molar-refractivity contribution in [3.8, 4) is 0 Å². The van der Waals surface area contributed by atoms with Crippen molar-refractivity contribution in [3.63, 3.8) is 0 Å². The van der Waals surface area contributed by atoms with Gasteiger partial charge in [0.1, 0.15) is 54.8 Å². The molecule has 1 amide bonds. The molecule has 2 saturated carbocycles. The second-order valence-corrected chi connectivity index (χ2v) is 23.5. The van der Waals surface area contributed by atoms with Gasteiger partial charge in [0.05, 0.1) is 63.8 Å². The molecule has 10 rings (SSSR count). The van der Waals surface area contributed by atoms with Crippen LogP contribution in [0.1, 0.15) is 104 Å². The van der Waals surface area contributed by atoms with Crippen molar-refractivity contribution in [1.82, 2.24) is 15.3 Å². The lowest BCUT2D eigenvalue weighted by molar-refractivity contribution is -0.378. The third-order valence-electron chi connectivity index (χ3n) is 17.2. The highest BCUT2D eigenvalue weighted by atomic mass is 35.5. The number of hydrogen-bond acceptors (Lipinski definition) is 18. The number of halogens is 1. The molecular formula is C66H78ClN3O18. The van der Waals surface area contributed by atoms with Gasteiger partial charge in [-0.05, 0) is 48.8 Å². The molecule has 3 N–H and O–H groups in total. The highest BCUT2D eigenvalue weighted by molar-refractivity contribution is 6.26. The molecule has 1 aromatic heterocycles. The number of carbonyl (C=O) groups is 4. The van der Waals surface area contributed by atoms with E-state index < -0.39 is 127 Å². The Hall–Kier alpha value is -6.63. The Labute approximate surface area is 515 Å². The number of hydrogen-bond donors (Lipinski definition) is 3. The zero-order chi connectivity index (χ0) is 61.5. The van der Waals surface area contributed by atoms with Crippen LogP contribution in [0.2, 0.25) is 0 Å². The van der Waals surface area contributed by atoms with Crippen LogP contribution in [0, 0.1) is 17.8 Å². The zero-order valence-electron chi connectivity index (χ0n) is 49.6. The third-order valence-corrected chi connectivity index (χ3v) is 17.4. The molecule has 21 nitrogen and oxygen atoms in total. The summed E-state index contributed by atoms with van der Waals surface area (Å²) in [4.78, 5) is 86.5. The first kappa shape index (κ1) is 64.4. The Bertz CT molecular complexity index is 3130. The fraction of sp³-hybridized carbons (Fsp3) is 0.515. The Morgan fingerprint density at radius 1 is 0.705 bits per heavy atom. The highest BCUT2D eigenvalue weighted by Crippen LogP contribution is 2.42. The van der Waals surface area contributed by atoms with Crippen molar-refractivity contribution in [2.45, 2.75) is 171 Å². The quantitative estimate of drug-likeness (QED) is 0.0306. The van der Waals surface area contributed by atoms with Gasteiger partial charge in [-0.3, -0.25) is 24.2 Å². The summed E-state index contributed by atoms with van der Waals surface area (Å²) < 4.78 is 79.3. The van der Waals surface area contributed by atoms with E-state index in [1.807, 2.05) is 135 Å². The van der Waals surface area contributed by atoms with E-state index >= 15 is 0 Å². The van der Waals surface area contributed by atoms with Gasteiger partial charge in [-0.25, -0.2) is 9.59 Å². The average molecular weight is 1240 g/mol. The molecular weight excluding hydrogens is 1160 g/mol. The topological polar surface area (TPSA) is 257 Å². The molecule has 4 aromatic carbocycles. The number of H-pyrrole nitrogens is 2. The molecule has 5 aromatic rings. The molecule has 5 aliphatic rings. The van der Waals surface area contributed by atoms with Gasteiger partial charge < -0.3 is 67.1 Å². The minimum atomic E-state index is -1.60. The molecule has 7 unspecified atom stereocenters. The summed E-state index contributed by atoms with van der Waals surface area (Å²) in [5, 5.41) is 2.92. The van der Waals surface area contributed by atoms with E-state index in [0.29, 0.717) is 5.56 Å². The molecule has 2 aliphatic carbocycles. The molecule has 4 heterocycles. The SMILES string of the molecule is COC(=O)C1CC(NC(=O)c2cc(=O)[nH]c(=O)[nH]2)[C@@H](OC[C@@H]2OC(C)[C@@H](C)[C@H](OCc3ccccc3)C2OCc2ccccc2)[C@H](O[C@@H]2O[C@H]3COC(c4ccccc4)O[C@@H]3C(O[C@@H](CC3CCCCC3)C(=O)OCc3ccccc3)C2OC(=O)CCl)C1. The van der Waals surface area contributed by atoms with E-state index in [9.17, 15) is 28.8 Å². The van der Waals surface area contributed by atoms with Crippen molar-refractivity contribution in [2.75, 3.05) is 26.2 Å². The number of ether oxygens (including phenoxy) is 12. The minimum Gasteiger partial charge on any atom is -0.469 e. The molecule has 0 bridgehead atoms. The van der Waals surface area contributed by atoms with Crippen LogP contribution in [0.3, 0.4) is 0 Å². The summed E-state index contributed by atoms with van der Waals surface area (Å²) in [6, 6.07) is 37.7. The monoisotopic (exact) mass is 1240 g/mol. The molecule has 5 fully saturated rings. The number of esters is 3. The number of fused-ring (bicyclic) bond motifs is 1. The maximum absolute atomic E-state index is 14.7. The third kappa shape index (κ3) is 16.8. The van der Waals surface area contributed by atoms with Gasteiger partial charge in [-0.15, -0.1) is 11.6 Å². The van der Waals surface area contributed by atoms with Crippen molar-refractivity contribution in [1.29, 1.82) is 0 Å². The average Bonchev–Trinajstić information content (AvgIpc) is 1.75. The summed E-state index contributed by atoms with van der Waals surface area (Å²) in [6.07, 6.45) is -8.90. The van der Waals surface area contributed by atoms with Crippen LogP contribution < -0.4 is 16.6 Å². The summed E-state index contributed by atoms with van der Waals surface area (Å²) in [5.74, 6) is -4.74. The van der Waals surface area contributed by atoms with Gasteiger partial charge in [-0.1, -0.05) is 160 Å². The van der Waals surface area contributed by atoms with Crippen molar-refractivity contribution in [2.24, 2.45) is 17.8 Å². The smallest absolute Gasteiger partial charge is 0.335 e. The number of nitrogens with one attached hydrogen (secondary N) is 3. The first-order valence-electron chi connectivity index (χ1n) is 30.4. The first-order chi connectivity index (χ1) is 42.8. The van der Waals surface area contributed by atoms with Crippen LogP contribution in [0.5, 0.6) is 0 Å². The summed E-state index contributed by atoms with van der Waals surface area (Å²) in [5.41, 5.74) is 1.16. The number of benzene rings is 4. The van der Waals surface area contributed by atoms with Crippen LogP contribution in [0.15, 0.2) is 137 Å². The Kier molecular flexibility index (Phi) is 22.8. The minimum absolute atomic E-state index is 0.0368. The number of aromatic nitrogens is 2. The van der Waals surface area contributed by atoms with Crippen molar-refractivity contribution >= 4 is 35.4 Å². The first-order valence-corrected chi connectivity index (χ1v) is 30.9.